The molecule has 1 aromatic carbocycles. The Morgan fingerprint density at radius 1 is 1.53 bits per heavy atom. The van der Waals surface area contributed by atoms with Crippen LogP contribution in [-0.2, 0) is 4.79 Å². The Bertz CT molecular complexity index is 384. The first-order valence-electron chi connectivity index (χ1n) is 5.49. The van der Waals surface area contributed by atoms with E-state index in [4.69, 9.17) is 5.73 Å². The molecular formula is C12H18FN3O. The molecule has 0 fully saturated rings. The van der Waals surface area contributed by atoms with E-state index in [1.54, 1.807) is 19.2 Å². The molecule has 0 saturated heterocycles. The van der Waals surface area contributed by atoms with E-state index in [0.29, 0.717) is 6.54 Å². The number of hydrogen-bond acceptors (Lipinski definition) is 3. The number of nitrogens with zero attached hydrogens (tertiary/aromatic N) is 1. The number of anilines is 1. The van der Waals surface area contributed by atoms with Gasteiger partial charge in [-0.1, -0.05) is 12.1 Å². The molecule has 3 N–H and O–H groups in total. The molecule has 0 aliphatic carbocycles. The zero-order valence-electron chi connectivity index (χ0n) is 10.1. The average Bonchev–Trinajstić information content (AvgIpc) is 2.31. The number of nitrogens with one attached hydrogen (secondary N) is 1. The van der Waals surface area contributed by atoms with Crippen molar-refractivity contribution in [3.8, 4) is 0 Å². The van der Waals surface area contributed by atoms with Crippen LogP contribution in [0.15, 0.2) is 24.3 Å². The number of hydrogen-bond donors (Lipinski definition) is 2. The summed E-state index contributed by atoms with van der Waals surface area (Å²) in [6.07, 6.45) is 0. The largest absolute Gasteiger partial charge is 0.329 e. The highest BCUT2D eigenvalue weighted by Gasteiger charge is 2.12. The summed E-state index contributed by atoms with van der Waals surface area (Å²) in [5, 5.41) is 2.52. The molecule has 0 spiro atoms. The van der Waals surface area contributed by atoms with E-state index in [1.165, 1.54) is 12.1 Å². The van der Waals surface area contributed by atoms with E-state index in [2.05, 4.69) is 5.32 Å². The van der Waals surface area contributed by atoms with E-state index < -0.39 is 5.82 Å². The minimum atomic E-state index is -0.435. The average molecular weight is 239 g/mol. The van der Waals surface area contributed by atoms with Crippen LogP contribution in [0.4, 0.5) is 10.1 Å². The van der Waals surface area contributed by atoms with Gasteiger partial charge in [0.1, 0.15) is 5.82 Å². The summed E-state index contributed by atoms with van der Waals surface area (Å²) in [6, 6.07) is 6.20. The summed E-state index contributed by atoms with van der Waals surface area (Å²) >= 11 is 0. The molecule has 0 radical (unpaired) electrons. The fraction of sp³-hybridized carbons (Fsp3) is 0.417. The summed E-state index contributed by atoms with van der Waals surface area (Å²) in [6.45, 7) is 2.59. The van der Waals surface area contributed by atoms with Crippen LogP contribution in [0.25, 0.3) is 0 Å². The van der Waals surface area contributed by atoms with Crippen LogP contribution in [0, 0.1) is 5.82 Å². The topological polar surface area (TPSA) is 58.4 Å². The maximum atomic E-state index is 13.3. The number of likely N-dealkylation sites (N-methyl/N-ethyl adjacent to an activating group) is 1. The first-order valence-corrected chi connectivity index (χ1v) is 5.49. The third kappa shape index (κ3) is 4.13. The third-order valence-corrected chi connectivity index (χ3v) is 2.63. The van der Waals surface area contributed by atoms with Crippen LogP contribution in [0.3, 0.4) is 0 Å². The molecule has 1 amide bonds. The molecule has 0 saturated carbocycles. The lowest BCUT2D eigenvalue weighted by atomic mass is 10.3. The van der Waals surface area contributed by atoms with Gasteiger partial charge in [0.15, 0.2) is 0 Å². The Balaban J connectivity index is 2.53. The highest BCUT2D eigenvalue weighted by atomic mass is 19.1. The summed E-state index contributed by atoms with van der Waals surface area (Å²) < 4.78 is 13.3. The summed E-state index contributed by atoms with van der Waals surface area (Å²) in [4.78, 5) is 13.5. The van der Waals surface area contributed by atoms with Crippen LogP contribution < -0.4 is 11.1 Å². The van der Waals surface area contributed by atoms with Gasteiger partial charge < -0.3 is 11.1 Å². The first kappa shape index (κ1) is 13.6. The van der Waals surface area contributed by atoms with E-state index in [1.807, 2.05) is 11.8 Å². The SMILES string of the molecule is CC(CN)N(C)CC(=O)Nc1ccccc1F. The predicted molar refractivity (Wildman–Crippen MR) is 66.2 cm³/mol. The van der Waals surface area contributed by atoms with Crippen LogP contribution in [-0.4, -0.2) is 37.0 Å². The quantitative estimate of drug-likeness (QED) is 0.807. The Hall–Kier alpha value is -1.46. The first-order chi connectivity index (χ1) is 8.04. The lowest BCUT2D eigenvalue weighted by molar-refractivity contribution is -0.117. The number of halogens is 1. The molecule has 0 heterocycles. The fourth-order valence-corrected chi connectivity index (χ4v) is 1.31. The third-order valence-electron chi connectivity index (χ3n) is 2.63. The van der Waals surface area contributed by atoms with Gasteiger partial charge in [-0.05, 0) is 26.1 Å². The predicted octanol–water partition coefficient (Wildman–Crippen LogP) is 1.04. The number of carbonyl (C=O) groups is 1. The Kier molecular flexibility index (Phi) is 5.06. The minimum Gasteiger partial charge on any atom is -0.329 e. The number of benzene rings is 1. The number of amides is 1. The van der Waals surface area contributed by atoms with Gasteiger partial charge in [-0.15, -0.1) is 0 Å². The molecule has 5 heteroatoms. The van der Waals surface area contributed by atoms with Gasteiger partial charge in [-0.25, -0.2) is 4.39 Å². The van der Waals surface area contributed by atoms with Crippen molar-refractivity contribution in [3.05, 3.63) is 30.1 Å². The van der Waals surface area contributed by atoms with E-state index >= 15 is 0 Å². The van der Waals surface area contributed by atoms with E-state index in [9.17, 15) is 9.18 Å². The second kappa shape index (κ2) is 6.32. The van der Waals surface area contributed by atoms with Gasteiger partial charge in [0.2, 0.25) is 5.91 Å². The lowest BCUT2D eigenvalue weighted by Crippen LogP contribution is -2.40. The number of nitrogens with two attached hydrogens (primary N) is 1. The fourth-order valence-electron chi connectivity index (χ4n) is 1.31. The van der Waals surface area contributed by atoms with Crippen molar-refractivity contribution in [1.82, 2.24) is 4.90 Å². The van der Waals surface area contributed by atoms with Crippen molar-refractivity contribution in [1.29, 1.82) is 0 Å². The summed E-state index contributed by atoms with van der Waals surface area (Å²) in [5.74, 6) is -0.687. The maximum Gasteiger partial charge on any atom is 0.238 e. The van der Waals surface area contributed by atoms with Crippen LogP contribution >= 0.6 is 0 Å². The van der Waals surface area contributed by atoms with Crippen LogP contribution in [0.1, 0.15) is 6.92 Å². The second-order valence-corrected chi connectivity index (χ2v) is 4.03. The van der Waals surface area contributed by atoms with Gasteiger partial charge in [-0.3, -0.25) is 9.69 Å². The summed E-state index contributed by atoms with van der Waals surface area (Å²) in [5.41, 5.74) is 5.69. The zero-order valence-corrected chi connectivity index (χ0v) is 10.1. The molecule has 0 aromatic heterocycles. The standard InChI is InChI=1S/C12H18FN3O/c1-9(7-14)16(2)8-12(17)15-11-6-4-3-5-10(11)13/h3-6,9H,7-8,14H2,1-2H3,(H,15,17). The molecule has 1 rings (SSSR count). The highest BCUT2D eigenvalue weighted by Crippen LogP contribution is 2.12. The lowest BCUT2D eigenvalue weighted by Gasteiger charge is -2.22. The van der Waals surface area contributed by atoms with Crippen molar-refractivity contribution in [3.63, 3.8) is 0 Å². The summed E-state index contributed by atoms with van der Waals surface area (Å²) in [7, 11) is 1.80. The normalized spacial score (nSPS) is 12.5. The minimum absolute atomic E-state index is 0.112. The van der Waals surface area contributed by atoms with Gasteiger partial charge in [0.25, 0.3) is 0 Å². The van der Waals surface area contributed by atoms with Crippen molar-refractivity contribution in [2.24, 2.45) is 5.73 Å². The molecule has 1 atom stereocenters. The molecule has 17 heavy (non-hydrogen) atoms. The molecule has 4 nitrogen and oxygen atoms in total. The monoisotopic (exact) mass is 239 g/mol. The molecule has 0 bridgehead atoms. The van der Waals surface area contributed by atoms with Gasteiger partial charge in [0, 0.05) is 12.6 Å². The number of para-hydroxylation sites is 1. The maximum absolute atomic E-state index is 13.3. The highest BCUT2D eigenvalue weighted by molar-refractivity contribution is 5.92. The molecule has 0 aliphatic heterocycles. The Morgan fingerprint density at radius 2 is 2.18 bits per heavy atom. The van der Waals surface area contributed by atoms with Crippen molar-refractivity contribution >= 4 is 11.6 Å². The van der Waals surface area contributed by atoms with E-state index in [0.717, 1.165) is 0 Å². The molecule has 94 valence electrons. The zero-order chi connectivity index (χ0) is 12.8. The van der Waals surface area contributed by atoms with Crippen molar-refractivity contribution in [2.45, 2.75) is 13.0 Å². The van der Waals surface area contributed by atoms with E-state index in [-0.39, 0.29) is 24.2 Å². The van der Waals surface area contributed by atoms with Crippen molar-refractivity contribution < 1.29 is 9.18 Å². The second-order valence-electron chi connectivity index (χ2n) is 4.03. The smallest absolute Gasteiger partial charge is 0.238 e. The molecule has 1 unspecified atom stereocenters. The van der Waals surface area contributed by atoms with Crippen molar-refractivity contribution in [2.75, 3.05) is 25.5 Å². The number of rotatable bonds is 5. The van der Waals surface area contributed by atoms with Crippen LogP contribution in [0.2, 0.25) is 0 Å². The molecule has 0 aliphatic rings. The van der Waals surface area contributed by atoms with Gasteiger partial charge in [0.05, 0.1) is 12.2 Å². The van der Waals surface area contributed by atoms with Gasteiger partial charge >= 0.3 is 0 Å². The van der Waals surface area contributed by atoms with Crippen LogP contribution in [0.5, 0.6) is 0 Å². The Labute approximate surface area is 101 Å². The molecular weight excluding hydrogens is 221 g/mol. The number of carbonyl (C=O) groups excluding carboxylic acids is 1. The Morgan fingerprint density at radius 3 is 2.76 bits per heavy atom. The molecule has 1 aromatic rings. The van der Waals surface area contributed by atoms with Gasteiger partial charge in [-0.2, -0.15) is 0 Å².